The molecule has 6 heteroatoms. The maximum Gasteiger partial charge on any atom is 0.246 e. The van der Waals surface area contributed by atoms with E-state index >= 15 is 0 Å². The molecule has 2 aromatic rings. The largest absolute Gasteiger partial charge is 0.485 e. The first-order valence-corrected chi connectivity index (χ1v) is 7.71. The van der Waals surface area contributed by atoms with E-state index in [1.165, 1.54) is 0 Å². The molecule has 0 atom stereocenters. The average molecular weight is 324 g/mol. The summed E-state index contributed by atoms with van der Waals surface area (Å²) in [6, 6.07) is 9.27. The van der Waals surface area contributed by atoms with Crippen molar-refractivity contribution in [1.29, 1.82) is 0 Å². The minimum absolute atomic E-state index is 0.0251. The fourth-order valence-corrected chi connectivity index (χ4v) is 2.59. The Hall–Kier alpha value is -3.02. The number of ether oxygens (including phenoxy) is 3. The molecular formula is C18H16N2O4. The summed E-state index contributed by atoms with van der Waals surface area (Å²) in [5.41, 5.74) is 0.899. The van der Waals surface area contributed by atoms with Gasteiger partial charge in [0.2, 0.25) is 12.7 Å². The standard InChI is InChI=1S/C18H16N2O4/c21-18(6-4-13-3-5-16-17(8-13)23-12-22-16)20-10-15(11-20)24-14-2-1-7-19-9-14/h1-9,15H,10-12H2/b6-4+. The molecule has 0 radical (unpaired) electrons. The second kappa shape index (κ2) is 6.23. The zero-order valence-corrected chi connectivity index (χ0v) is 12.9. The fourth-order valence-electron chi connectivity index (χ4n) is 2.59. The lowest BCUT2D eigenvalue weighted by atomic mass is 10.1. The summed E-state index contributed by atoms with van der Waals surface area (Å²) in [6.45, 7) is 1.41. The normalized spacial score (nSPS) is 16.2. The molecule has 0 spiro atoms. The number of pyridine rings is 1. The molecule has 6 nitrogen and oxygen atoms in total. The Morgan fingerprint density at radius 2 is 2.12 bits per heavy atom. The van der Waals surface area contributed by atoms with Crippen molar-refractivity contribution in [3.05, 3.63) is 54.4 Å². The van der Waals surface area contributed by atoms with Crippen LogP contribution < -0.4 is 14.2 Å². The van der Waals surface area contributed by atoms with Crippen LogP contribution in [0.25, 0.3) is 6.08 Å². The van der Waals surface area contributed by atoms with Gasteiger partial charge in [0.25, 0.3) is 0 Å². The first-order valence-electron chi connectivity index (χ1n) is 7.71. The zero-order chi connectivity index (χ0) is 16.4. The van der Waals surface area contributed by atoms with Crippen LogP contribution >= 0.6 is 0 Å². The van der Waals surface area contributed by atoms with Gasteiger partial charge in [0.15, 0.2) is 11.5 Å². The van der Waals surface area contributed by atoms with E-state index in [2.05, 4.69) is 4.98 Å². The van der Waals surface area contributed by atoms with Gasteiger partial charge < -0.3 is 19.1 Å². The van der Waals surface area contributed by atoms with Crippen molar-refractivity contribution >= 4 is 12.0 Å². The lowest BCUT2D eigenvalue weighted by Gasteiger charge is -2.38. The Bertz CT molecular complexity index is 770. The number of benzene rings is 1. The quantitative estimate of drug-likeness (QED) is 0.806. The predicted octanol–water partition coefficient (Wildman–Crippen LogP) is 2.11. The van der Waals surface area contributed by atoms with Crippen LogP contribution in [0.2, 0.25) is 0 Å². The van der Waals surface area contributed by atoms with Gasteiger partial charge in [-0.05, 0) is 35.9 Å². The predicted molar refractivity (Wildman–Crippen MR) is 86.8 cm³/mol. The van der Waals surface area contributed by atoms with Gasteiger partial charge in [-0.2, -0.15) is 0 Å². The van der Waals surface area contributed by atoms with Crippen LogP contribution in [-0.2, 0) is 4.79 Å². The molecule has 2 aliphatic rings. The van der Waals surface area contributed by atoms with E-state index in [1.54, 1.807) is 29.4 Å². The maximum absolute atomic E-state index is 12.1. The topological polar surface area (TPSA) is 60.9 Å². The Morgan fingerprint density at radius 1 is 1.25 bits per heavy atom. The third-order valence-corrected chi connectivity index (χ3v) is 3.91. The van der Waals surface area contributed by atoms with E-state index in [9.17, 15) is 4.79 Å². The summed E-state index contributed by atoms with van der Waals surface area (Å²) in [5, 5.41) is 0. The van der Waals surface area contributed by atoms with Gasteiger partial charge in [-0.25, -0.2) is 0 Å². The van der Waals surface area contributed by atoms with Crippen molar-refractivity contribution in [2.75, 3.05) is 19.9 Å². The van der Waals surface area contributed by atoms with Crippen LogP contribution in [0.3, 0.4) is 0 Å². The van der Waals surface area contributed by atoms with Gasteiger partial charge in [0.05, 0.1) is 19.3 Å². The number of hydrogen-bond donors (Lipinski definition) is 0. The number of likely N-dealkylation sites (tertiary alicyclic amines) is 1. The number of amides is 1. The van der Waals surface area contributed by atoms with Crippen LogP contribution in [0.15, 0.2) is 48.8 Å². The van der Waals surface area contributed by atoms with Gasteiger partial charge in [-0.3, -0.25) is 9.78 Å². The molecule has 2 aliphatic heterocycles. The molecule has 0 N–H and O–H groups in total. The second-order valence-corrected chi connectivity index (χ2v) is 5.62. The Morgan fingerprint density at radius 3 is 2.96 bits per heavy atom. The van der Waals surface area contributed by atoms with E-state index in [0.29, 0.717) is 18.8 Å². The number of fused-ring (bicyclic) bond motifs is 1. The van der Waals surface area contributed by atoms with Gasteiger partial charge in [-0.15, -0.1) is 0 Å². The number of rotatable bonds is 4. The summed E-state index contributed by atoms with van der Waals surface area (Å²) in [6.07, 6.45) is 6.74. The third-order valence-electron chi connectivity index (χ3n) is 3.91. The van der Waals surface area contributed by atoms with E-state index in [-0.39, 0.29) is 18.8 Å². The highest BCUT2D eigenvalue weighted by atomic mass is 16.7. The van der Waals surface area contributed by atoms with E-state index in [4.69, 9.17) is 14.2 Å². The number of hydrogen-bond acceptors (Lipinski definition) is 5. The number of carbonyl (C=O) groups excluding carboxylic acids is 1. The molecule has 1 fully saturated rings. The van der Waals surface area contributed by atoms with Crippen LogP contribution in [-0.4, -0.2) is 41.8 Å². The molecule has 0 saturated carbocycles. The molecule has 1 aromatic carbocycles. The molecule has 0 aliphatic carbocycles. The first kappa shape index (κ1) is 14.6. The zero-order valence-electron chi connectivity index (χ0n) is 12.9. The lowest BCUT2D eigenvalue weighted by Crippen LogP contribution is -2.55. The van der Waals surface area contributed by atoms with Crippen LogP contribution in [0, 0.1) is 0 Å². The second-order valence-electron chi connectivity index (χ2n) is 5.62. The molecule has 0 unspecified atom stereocenters. The fraction of sp³-hybridized carbons (Fsp3) is 0.222. The monoisotopic (exact) mass is 324 g/mol. The maximum atomic E-state index is 12.1. The summed E-state index contributed by atoms with van der Waals surface area (Å²) in [4.78, 5) is 17.9. The van der Waals surface area contributed by atoms with Crippen molar-refractivity contribution in [3.63, 3.8) is 0 Å². The van der Waals surface area contributed by atoms with Crippen molar-refractivity contribution in [2.24, 2.45) is 0 Å². The number of carbonyl (C=O) groups is 1. The average Bonchev–Trinajstić information content (AvgIpc) is 3.04. The minimum Gasteiger partial charge on any atom is -0.485 e. The van der Waals surface area contributed by atoms with Gasteiger partial charge >= 0.3 is 0 Å². The minimum atomic E-state index is -0.0290. The van der Waals surface area contributed by atoms with Crippen molar-refractivity contribution < 1.29 is 19.0 Å². The van der Waals surface area contributed by atoms with E-state index < -0.39 is 0 Å². The highest BCUT2D eigenvalue weighted by Gasteiger charge is 2.31. The third kappa shape index (κ3) is 3.03. The van der Waals surface area contributed by atoms with Gasteiger partial charge in [0, 0.05) is 12.3 Å². The highest BCUT2D eigenvalue weighted by molar-refractivity contribution is 5.92. The lowest BCUT2D eigenvalue weighted by molar-refractivity contribution is -0.134. The van der Waals surface area contributed by atoms with Gasteiger partial charge in [0.1, 0.15) is 11.9 Å². The van der Waals surface area contributed by atoms with E-state index in [0.717, 1.165) is 17.1 Å². The highest BCUT2D eigenvalue weighted by Crippen LogP contribution is 2.32. The van der Waals surface area contributed by atoms with Crippen LogP contribution in [0.4, 0.5) is 0 Å². The Kier molecular flexibility index (Phi) is 3.78. The summed E-state index contributed by atoms with van der Waals surface area (Å²) >= 11 is 0. The Balaban J connectivity index is 1.30. The first-order chi connectivity index (χ1) is 11.8. The molecule has 3 heterocycles. The molecule has 1 amide bonds. The van der Waals surface area contributed by atoms with Crippen molar-refractivity contribution in [1.82, 2.24) is 9.88 Å². The van der Waals surface area contributed by atoms with Crippen molar-refractivity contribution in [3.8, 4) is 17.2 Å². The van der Waals surface area contributed by atoms with E-state index in [1.807, 2.05) is 30.3 Å². The molecule has 24 heavy (non-hydrogen) atoms. The molecule has 4 rings (SSSR count). The van der Waals surface area contributed by atoms with Crippen molar-refractivity contribution in [2.45, 2.75) is 6.10 Å². The number of nitrogens with zero attached hydrogens (tertiary/aromatic N) is 2. The summed E-state index contributed by atoms with van der Waals surface area (Å²) in [5.74, 6) is 2.14. The summed E-state index contributed by atoms with van der Waals surface area (Å²) in [7, 11) is 0. The molecule has 0 bridgehead atoms. The smallest absolute Gasteiger partial charge is 0.246 e. The number of aromatic nitrogens is 1. The molecule has 122 valence electrons. The van der Waals surface area contributed by atoms with Crippen LogP contribution in [0.5, 0.6) is 17.2 Å². The van der Waals surface area contributed by atoms with Crippen LogP contribution in [0.1, 0.15) is 5.56 Å². The molecular weight excluding hydrogens is 308 g/mol. The summed E-state index contributed by atoms with van der Waals surface area (Å²) < 4.78 is 16.3. The molecule has 1 saturated heterocycles. The molecule has 1 aromatic heterocycles. The van der Waals surface area contributed by atoms with Gasteiger partial charge in [-0.1, -0.05) is 6.07 Å². The SMILES string of the molecule is O=C(/C=C/c1ccc2c(c1)OCO2)N1CC(Oc2cccnc2)C1. The Labute approximate surface area is 139 Å².